The summed E-state index contributed by atoms with van der Waals surface area (Å²) in [6.45, 7) is 0.471. The van der Waals surface area contributed by atoms with E-state index in [1.165, 1.54) is 0 Å². The molecular weight excluding hydrogens is 268 g/mol. The molecule has 0 saturated heterocycles. The lowest BCUT2D eigenvalue weighted by molar-refractivity contribution is 0.0917. The summed E-state index contributed by atoms with van der Waals surface area (Å²) >= 11 is 0. The Bertz CT molecular complexity index is 605. The van der Waals surface area contributed by atoms with Gasteiger partial charge in [-0.25, -0.2) is 0 Å². The van der Waals surface area contributed by atoms with Crippen molar-refractivity contribution in [1.29, 1.82) is 0 Å². The topological polar surface area (TPSA) is 77.5 Å². The van der Waals surface area contributed by atoms with E-state index in [2.05, 4.69) is 5.32 Å². The van der Waals surface area contributed by atoms with Crippen LogP contribution in [-0.2, 0) is 0 Å². The SMILES string of the molecule is NC(CNC(=O)c1ccc(Oc2ccccc2)o1)C1CC1. The average molecular weight is 286 g/mol. The summed E-state index contributed by atoms with van der Waals surface area (Å²) < 4.78 is 10.9. The third-order valence-corrected chi connectivity index (χ3v) is 3.49. The number of benzene rings is 1. The third kappa shape index (κ3) is 3.64. The highest BCUT2D eigenvalue weighted by Crippen LogP contribution is 2.31. The van der Waals surface area contributed by atoms with Crippen LogP contribution in [0.2, 0.25) is 0 Å². The van der Waals surface area contributed by atoms with Crippen molar-refractivity contribution >= 4 is 5.91 Å². The molecule has 2 aromatic rings. The van der Waals surface area contributed by atoms with Crippen LogP contribution >= 0.6 is 0 Å². The smallest absolute Gasteiger partial charge is 0.290 e. The van der Waals surface area contributed by atoms with Gasteiger partial charge in [0.1, 0.15) is 5.75 Å². The Morgan fingerprint density at radius 3 is 2.76 bits per heavy atom. The molecule has 0 aliphatic heterocycles. The van der Waals surface area contributed by atoms with E-state index >= 15 is 0 Å². The first-order valence-electron chi connectivity index (χ1n) is 7.09. The van der Waals surface area contributed by atoms with Crippen LogP contribution in [0.5, 0.6) is 11.7 Å². The predicted octanol–water partition coefficient (Wildman–Crippen LogP) is 2.54. The zero-order valence-corrected chi connectivity index (χ0v) is 11.6. The zero-order valence-electron chi connectivity index (χ0n) is 11.6. The van der Waals surface area contributed by atoms with Crippen LogP contribution in [0.1, 0.15) is 23.4 Å². The third-order valence-electron chi connectivity index (χ3n) is 3.49. The molecule has 1 heterocycles. The van der Waals surface area contributed by atoms with E-state index < -0.39 is 0 Å². The number of amides is 1. The second-order valence-electron chi connectivity index (χ2n) is 5.25. The molecule has 1 aliphatic rings. The van der Waals surface area contributed by atoms with E-state index in [-0.39, 0.29) is 23.7 Å². The van der Waals surface area contributed by atoms with Gasteiger partial charge in [0.05, 0.1) is 0 Å². The average Bonchev–Trinajstić information content (AvgIpc) is 3.26. The summed E-state index contributed by atoms with van der Waals surface area (Å²) in [5.41, 5.74) is 5.94. The lowest BCUT2D eigenvalue weighted by atomic mass is 10.2. The van der Waals surface area contributed by atoms with Crippen LogP contribution < -0.4 is 15.8 Å². The van der Waals surface area contributed by atoms with Crippen molar-refractivity contribution < 1.29 is 13.9 Å². The zero-order chi connectivity index (χ0) is 14.7. The lowest BCUT2D eigenvalue weighted by Crippen LogP contribution is -2.38. The molecule has 1 aliphatic carbocycles. The number of hydrogen-bond donors (Lipinski definition) is 2. The summed E-state index contributed by atoms with van der Waals surface area (Å²) in [6, 6.07) is 12.5. The van der Waals surface area contributed by atoms with Crippen molar-refractivity contribution in [3.05, 3.63) is 48.2 Å². The Balaban J connectivity index is 1.55. The molecule has 0 bridgehead atoms. The van der Waals surface area contributed by atoms with Crippen molar-refractivity contribution in [2.24, 2.45) is 11.7 Å². The molecule has 1 aromatic carbocycles. The molecule has 0 spiro atoms. The van der Waals surface area contributed by atoms with Crippen LogP contribution in [0, 0.1) is 5.92 Å². The molecule has 5 heteroatoms. The fraction of sp³-hybridized carbons (Fsp3) is 0.312. The Labute approximate surface area is 123 Å². The minimum atomic E-state index is -0.269. The first-order chi connectivity index (χ1) is 10.2. The molecule has 1 fully saturated rings. The minimum absolute atomic E-state index is 0.0314. The minimum Gasteiger partial charge on any atom is -0.426 e. The molecule has 1 aromatic heterocycles. The van der Waals surface area contributed by atoms with Crippen LogP contribution in [0.3, 0.4) is 0 Å². The standard InChI is InChI=1S/C16H18N2O3/c17-13(11-6-7-11)10-18-16(19)14-8-9-15(21-14)20-12-4-2-1-3-5-12/h1-5,8-9,11,13H,6-7,10,17H2,(H,18,19). The number of nitrogens with one attached hydrogen (secondary N) is 1. The van der Waals surface area contributed by atoms with Gasteiger partial charge >= 0.3 is 0 Å². The van der Waals surface area contributed by atoms with E-state index in [9.17, 15) is 4.79 Å². The molecule has 1 unspecified atom stereocenters. The van der Waals surface area contributed by atoms with Crippen LogP contribution in [-0.4, -0.2) is 18.5 Å². The van der Waals surface area contributed by atoms with Crippen molar-refractivity contribution in [1.82, 2.24) is 5.32 Å². The van der Waals surface area contributed by atoms with Gasteiger partial charge in [0.15, 0.2) is 5.76 Å². The normalized spacial score (nSPS) is 15.5. The molecule has 3 rings (SSSR count). The van der Waals surface area contributed by atoms with E-state index in [0.717, 1.165) is 12.8 Å². The van der Waals surface area contributed by atoms with Crippen molar-refractivity contribution in [2.45, 2.75) is 18.9 Å². The van der Waals surface area contributed by atoms with E-state index in [4.69, 9.17) is 14.9 Å². The molecule has 0 radical (unpaired) electrons. The van der Waals surface area contributed by atoms with Crippen LogP contribution in [0.4, 0.5) is 0 Å². The Morgan fingerprint density at radius 2 is 2.05 bits per heavy atom. The number of rotatable bonds is 6. The van der Waals surface area contributed by atoms with Gasteiger partial charge in [0.25, 0.3) is 11.9 Å². The van der Waals surface area contributed by atoms with Gasteiger partial charge < -0.3 is 20.2 Å². The maximum absolute atomic E-state index is 11.9. The molecule has 21 heavy (non-hydrogen) atoms. The van der Waals surface area contributed by atoms with Crippen molar-refractivity contribution in [3.8, 4) is 11.7 Å². The number of nitrogens with two attached hydrogens (primary N) is 1. The van der Waals surface area contributed by atoms with Crippen molar-refractivity contribution in [3.63, 3.8) is 0 Å². The summed E-state index contributed by atoms with van der Waals surface area (Å²) in [5, 5.41) is 2.78. The number of carbonyl (C=O) groups excluding carboxylic acids is 1. The fourth-order valence-electron chi connectivity index (χ4n) is 2.09. The highest BCUT2D eigenvalue weighted by molar-refractivity contribution is 5.91. The van der Waals surface area contributed by atoms with E-state index in [1.807, 2.05) is 30.3 Å². The number of furan rings is 1. The molecule has 110 valence electrons. The summed E-state index contributed by atoms with van der Waals surface area (Å²) in [6.07, 6.45) is 2.32. The summed E-state index contributed by atoms with van der Waals surface area (Å²) in [4.78, 5) is 11.9. The highest BCUT2D eigenvalue weighted by atomic mass is 16.6. The van der Waals surface area contributed by atoms with Gasteiger partial charge in [0, 0.05) is 18.7 Å². The largest absolute Gasteiger partial charge is 0.426 e. The number of carbonyl (C=O) groups is 1. The maximum atomic E-state index is 11.9. The van der Waals surface area contributed by atoms with Gasteiger partial charge in [-0.2, -0.15) is 0 Å². The fourth-order valence-corrected chi connectivity index (χ4v) is 2.09. The lowest BCUT2D eigenvalue weighted by Gasteiger charge is -2.10. The molecule has 5 nitrogen and oxygen atoms in total. The molecule has 1 atom stereocenters. The molecule has 1 amide bonds. The first-order valence-corrected chi connectivity index (χ1v) is 7.09. The Kier molecular flexibility index (Phi) is 3.92. The molecular formula is C16H18N2O3. The monoisotopic (exact) mass is 286 g/mol. The highest BCUT2D eigenvalue weighted by Gasteiger charge is 2.28. The van der Waals surface area contributed by atoms with Crippen molar-refractivity contribution in [2.75, 3.05) is 6.54 Å². The predicted molar refractivity (Wildman–Crippen MR) is 78.3 cm³/mol. The van der Waals surface area contributed by atoms with Crippen LogP contribution in [0.15, 0.2) is 46.9 Å². The summed E-state index contributed by atoms with van der Waals surface area (Å²) in [5.74, 6) is 1.46. The number of hydrogen-bond acceptors (Lipinski definition) is 4. The van der Waals surface area contributed by atoms with E-state index in [0.29, 0.717) is 18.2 Å². The maximum Gasteiger partial charge on any atom is 0.290 e. The van der Waals surface area contributed by atoms with E-state index in [1.54, 1.807) is 12.1 Å². The van der Waals surface area contributed by atoms with Crippen LogP contribution in [0.25, 0.3) is 0 Å². The second kappa shape index (κ2) is 6.01. The van der Waals surface area contributed by atoms with Gasteiger partial charge in [-0.1, -0.05) is 18.2 Å². The van der Waals surface area contributed by atoms with Gasteiger partial charge in [-0.3, -0.25) is 4.79 Å². The second-order valence-corrected chi connectivity index (χ2v) is 5.25. The van der Waals surface area contributed by atoms with Gasteiger partial charge in [-0.05, 0) is 37.0 Å². The summed E-state index contributed by atoms with van der Waals surface area (Å²) in [7, 11) is 0. The Hall–Kier alpha value is -2.27. The molecule has 3 N–H and O–H groups in total. The van der Waals surface area contributed by atoms with Gasteiger partial charge in [0.2, 0.25) is 0 Å². The van der Waals surface area contributed by atoms with Gasteiger partial charge in [-0.15, -0.1) is 0 Å². The number of ether oxygens (including phenoxy) is 1. The quantitative estimate of drug-likeness (QED) is 0.855. The Morgan fingerprint density at radius 1 is 1.29 bits per heavy atom. The molecule has 1 saturated carbocycles. The number of para-hydroxylation sites is 1. The first kappa shape index (κ1) is 13.7.